The van der Waals surface area contributed by atoms with Gasteiger partial charge >= 0.3 is 5.97 Å². The highest BCUT2D eigenvalue weighted by molar-refractivity contribution is 6.03. The van der Waals surface area contributed by atoms with E-state index in [4.69, 9.17) is 9.47 Å². The van der Waals surface area contributed by atoms with E-state index in [0.717, 1.165) is 5.56 Å². The van der Waals surface area contributed by atoms with Crippen LogP contribution in [0.4, 0.5) is 0 Å². The predicted molar refractivity (Wildman–Crippen MR) is 96.1 cm³/mol. The third-order valence-electron chi connectivity index (χ3n) is 3.37. The SMILES string of the molecule is CCCOC(=O)/C(=C\c1ccc(OC)cc1)NC(=O)c1ccccc1. The zero-order valence-corrected chi connectivity index (χ0v) is 14.3. The Balaban J connectivity index is 2.23. The van der Waals surface area contributed by atoms with E-state index >= 15 is 0 Å². The molecule has 0 radical (unpaired) electrons. The number of nitrogens with one attached hydrogen (secondary N) is 1. The second-order valence-corrected chi connectivity index (χ2v) is 5.29. The van der Waals surface area contributed by atoms with E-state index in [9.17, 15) is 9.59 Å². The van der Waals surface area contributed by atoms with E-state index in [2.05, 4.69) is 5.32 Å². The summed E-state index contributed by atoms with van der Waals surface area (Å²) in [5, 5.41) is 2.64. The second kappa shape index (κ2) is 9.27. The fourth-order valence-corrected chi connectivity index (χ4v) is 2.07. The topological polar surface area (TPSA) is 64.6 Å². The van der Waals surface area contributed by atoms with Gasteiger partial charge in [0.05, 0.1) is 13.7 Å². The molecule has 0 spiro atoms. The van der Waals surface area contributed by atoms with E-state index in [1.165, 1.54) is 0 Å². The molecule has 0 aliphatic carbocycles. The Morgan fingerprint density at radius 3 is 2.32 bits per heavy atom. The zero-order valence-electron chi connectivity index (χ0n) is 14.3. The number of hydrogen-bond donors (Lipinski definition) is 1. The molecule has 0 bridgehead atoms. The molecule has 5 nitrogen and oxygen atoms in total. The van der Waals surface area contributed by atoms with Gasteiger partial charge < -0.3 is 14.8 Å². The van der Waals surface area contributed by atoms with E-state index in [1.807, 2.05) is 13.0 Å². The average molecular weight is 339 g/mol. The molecule has 1 N–H and O–H groups in total. The molecule has 1 amide bonds. The minimum atomic E-state index is -0.568. The van der Waals surface area contributed by atoms with Crippen molar-refractivity contribution >= 4 is 18.0 Å². The largest absolute Gasteiger partial charge is 0.497 e. The maximum atomic E-state index is 12.3. The van der Waals surface area contributed by atoms with Gasteiger partial charge in [0.25, 0.3) is 5.91 Å². The predicted octanol–water partition coefficient (Wildman–Crippen LogP) is 3.42. The van der Waals surface area contributed by atoms with E-state index in [1.54, 1.807) is 61.7 Å². The van der Waals surface area contributed by atoms with Crippen LogP contribution in [0.15, 0.2) is 60.3 Å². The minimum Gasteiger partial charge on any atom is -0.497 e. The molecular formula is C20H21NO4. The summed E-state index contributed by atoms with van der Waals surface area (Å²) in [6.45, 7) is 2.20. The first-order valence-electron chi connectivity index (χ1n) is 8.03. The van der Waals surface area contributed by atoms with Gasteiger partial charge in [0.15, 0.2) is 0 Å². The van der Waals surface area contributed by atoms with Crippen molar-refractivity contribution in [1.82, 2.24) is 5.32 Å². The van der Waals surface area contributed by atoms with Gasteiger partial charge in [-0.15, -0.1) is 0 Å². The lowest BCUT2D eigenvalue weighted by atomic mass is 10.1. The Bertz CT molecular complexity index is 736. The van der Waals surface area contributed by atoms with Crippen molar-refractivity contribution in [2.24, 2.45) is 0 Å². The minimum absolute atomic E-state index is 0.0902. The van der Waals surface area contributed by atoms with Crippen LogP contribution in [0, 0.1) is 0 Å². The number of amides is 1. The van der Waals surface area contributed by atoms with Crippen LogP contribution in [-0.2, 0) is 9.53 Å². The summed E-state index contributed by atoms with van der Waals surface area (Å²) in [6.07, 6.45) is 2.28. The van der Waals surface area contributed by atoms with Crippen molar-refractivity contribution in [3.63, 3.8) is 0 Å². The third kappa shape index (κ3) is 5.49. The van der Waals surface area contributed by atoms with Crippen molar-refractivity contribution in [3.05, 3.63) is 71.4 Å². The first-order valence-corrected chi connectivity index (χ1v) is 8.03. The highest BCUT2D eigenvalue weighted by Gasteiger charge is 2.15. The molecular weight excluding hydrogens is 318 g/mol. The molecule has 0 fully saturated rings. The summed E-state index contributed by atoms with van der Waals surface area (Å²) in [6, 6.07) is 15.8. The molecule has 130 valence electrons. The van der Waals surface area contributed by atoms with Gasteiger partial charge in [-0.3, -0.25) is 4.79 Å². The van der Waals surface area contributed by atoms with Gasteiger partial charge in [-0.1, -0.05) is 37.3 Å². The van der Waals surface area contributed by atoms with Gasteiger partial charge in [-0.25, -0.2) is 4.79 Å². The monoisotopic (exact) mass is 339 g/mol. The number of ether oxygens (including phenoxy) is 2. The van der Waals surface area contributed by atoms with Crippen LogP contribution in [0.2, 0.25) is 0 Å². The maximum Gasteiger partial charge on any atom is 0.354 e. The highest BCUT2D eigenvalue weighted by Crippen LogP contribution is 2.14. The van der Waals surface area contributed by atoms with Gasteiger partial charge in [0, 0.05) is 5.56 Å². The molecule has 0 aliphatic heterocycles. The third-order valence-corrected chi connectivity index (χ3v) is 3.37. The van der Waals surface area contributed by atoms with E-state index in [0.29, 0.717) is 24.3 Å². The summed E-state index contributed by atoms with van der Waals surface area (Å²) in [7, 11) is 1.58. The van der Waals surface area contributed by atoms with Crippen molar-refractivity contribution in [3.8, 4) is 5.75 Å². The standard InChI is InChI=1S/C20H21NO4/c1-3-13-25-20(23)18(14-15-9-11-17(24-2)12-10-15)21-19(22)16-7-5-4-6-8-16/h4-12,14H,3,13H2,1-2H3,(H,21,22)/b18-14+. The molecule has 0 heterocycles. The van der Waals surface area contributed by atoms with E-state index in [-0.39, 0.29) is 11.6 Å². The first-order chi connectivity index (χ1) is 12.1. The Morgan fingerprint density at radius 1 is 1.04 bits per heavy atom. The molecule has 0 saturated heterocycles. The normalized spacial score (nSPS) is 10.9. The summed E-state index contributed by atoms with van der Waals surface area (Å²) in [4.78, 5) is 24.6. The van der Waals surface area contributed by atoms with Crippen LogP contribution in [0.5, 0.6) is 5.75 Å². The van der Waals surface area contributed by atoms with Crippen LogP contribution in [0.3, 0.4) is 0 Å². The van der Waals surface area contributed by atoms with Crippen LogP contribution in [0.25, 0.3) is 6.08 Å². The van der Waals surface area contributed by atoms with Crippen molar-refractivity contribution in [2.75, 3.05) is 13.7 Å². The Morgan fingerprint density at radius 2 is 1.72 bits per heavy atom. The molecule has 25 heavy (non-hydrogen) atoms. The van der Waals surface area contributed by atoms with Crippen LogP contribution in [-0.4, -0.2) is 25.6 Å². The summed E-state index contributed by atoms with van der Waals surface area (Å²) < 4.78 is 10.3. The lowest BCUT2D eigenvalue weighted by Crippen LogP contribution is -2.28. The summed E-state index contributed by atoms with van der Waals surface area (Å²) in [5.74, 6) is -0.226. The van der Waals surface area contributed by atoms with Gasteiger partial charge in [0.1, 0.15) is 11.4 Å². The zero-order chi connectivity index (χ0) is 18.1. The molecule has 5 heteroatoms. The Labute approximate surface area is 147 Å². The molecule has 2 rings (SSSR count). The van der Waals surface area contributed by atoms with Gasteiger partial charge in [-0.2, -0.15) is 0 Å². The lowest BCUT2D eigenvalue weighted by molar-refractivity contribution is -0.139. The molecule has 2 aromatic carbocycles. The number of benzene rings is 2. The lowest BCUT2D eigenvalue weighted by Gasteiger charge is -2.10. The van der Waals surface area contributed by atoms with Crippen molar-refractivity contribution in [1.29, 1.82) is 0 Å². The summed E-state index contributed by atoms with van der Waals surface area (Å²) in [5.41, 5.74) is 1.30. The number of carbonyl (C=O) groups excluding carboxylic acids is 2. The fraction of sp³-hybridized carbons (Fsp3) is 0.200. The van der Waals surface area contributed by atoms with Crippen LogP contribution in [0.1, 0.15) is 29.3 Å². The van der Waals surface area contributed by atoms with Crippen molar-refractivity contribution < 1.29 is 19.1 Å². The quantitative estimate of drug-likeness (QED) is 0.620. The molecule has 0 aliphatic rings. The fourth-order valence-electron chi connectivity index (χ4n) is 2.07. The number of esters is 1. The number of carbonyl (C=O) groups is 2. The van der Waals surface area contributed by atoms with Gasteiger partial charge in [0.2, 0.25) is 0 Å². The molecule has 0 atom stereocenters. The van der Waals surface area contributed by atoms with Gasteiger partial charge in [-0.05, 0) is 42.3 Å². The molecule has 0 saturated carbocycles. The molecule has 0 aromatic heterocycles. The van der Waals surface area contributed by atoms with Crippen LogP contribution >= 0.6 is 0 Å². The smallest absolute Gasteiger partial charge is 0.354 e. The number of rotatable bonds is 7. The first kappa shape index (κ1) is 18.3. The number of hydrogen-bond acceptors (Lipinski definition) is 4. The second-order valence-electron chi connectivity index (χ2n) is 5.29. The number of methoxy groups -OCH3 is 1. The Hall–Kier alpha value is -3.08. The highest BCUT2D eigenvalue weighted by atomic mass is 16.5. The van der Waals surface area contributed by atoms with Crippen molar-refractivity contribution in [2.45, 2.75) is 13.3 Å². The maximum absolute atomic E-state index is 12.3. The molecule has 2 aromatic rings. The molecule has 0 unspecified atom stereocenters. The summed E-state index contributed by atoms with van der Waals surface area (Å²) >= 11 is 0. The average Bonchev–Trinajstić information content (AvgIpc) is 2.66. The Kier molecular flexibility index (Phi) is 6.77. The van der Waals surface area contributed by atoms with E-state index < -0.39 is 5.97 Å². The van der Waals surface area contributed by atoms with Crippen LogP contribution < -0.4 is 10.1 Å².